The quantitative estimate of drug-likeness (QED) is 0.747. The van der Waals surface area contributed by atoms with Gasteiger partial charge in [0.25, 0.3) is 5.91 Å². The van der Waals surface area contributed by atoms with Gasteiger partial charge in [-0.3, -0.25) is 9.36 Å². The van der Waals surface area contributed by atoms with Gasteiger partial charge in [0.05, 0.1) is 0 Å². The molecule has 0 aliphatic heterocycles. The zero-order valence-electron chi connectivity index (χ0n) is 10.3. The second-order valence-corrected chi connectivity index (χ2v) is 4.00. The lowest BCUT2D eigenvalue weighted by molar-refractivity contribution is 0.0995. The summed E-state index contributed by atoms with van der Waals surface area (Å²) in [5.41, 5.74) is 6.21. The number of pyridine rings is 1. The molecule has 0 unspecified atom stereocenters. The van der Waals surface area contributed by atoms with Crippen molar-refractivity contribution in [1.29, 1.82) is 0 Å². The number of carbonyl (C=O) groups excluding carboxylic acids is 1. The van der Waals surface area contributed by atoms with Gasteiger partial charge < -0.3 is 16.0 Å². The molecule has 0 aliphatic rings. The lowest BCUT2D eigenvalue weighted by Gasteiger charge is -2.09. The molecule has 0 aliphatic carbocycles. The van der Waals surface area contributed by atoms with Crippen molar-refractivity contribution in [3.8, 4) is 5.82 Å². The van der Waals surface area contributed by atoms with Crippen LogP contribution in [-0.2, 0) is 0 Å². The molecule has 2 aromatic heterocycles. The molecule has 0 saturated heterocycles. The highest BCUT2D eigenvalue weighted by molar-refractivity contribution is 5.92. The lowest BCUT2D eigenvalue weighted by Crippen LogP contribution is -2.19. The van der Waals surface area contributed by atoms with Crippen molar-refractivity contribution in [3.63, 3.8) is 0 Å². The van der Waals surface area contributed by atoms with Crippen LogP contribution in [-0.4, -0.2) is 20.4 Å². The fourth-order valence-electron chi connectivity index (χ4n) is 1.58. The first-order valence-electron chi connectivity index (χ1n) is 5.48. The summed E-state index contributed by atoms with van der Waals surface area (Å²) in [6.07, 6.45) is 2.99. The van der Waals surface area contributed by atoms with Crippen LogP contribution in [0.25, 0.3) is 5.82 Å². The van der Waals surface area contributed by atoms with E-state index in [4.69, 9.17) is 5.73 Å². The molecule has 2 aromatic rings. The predicted molar refractivity (Wildman–Crippen MR) is 71.1 cm³/mol. The van der Waals surface area contributed by atoms with Gasteiger partial charge in [0, 0.05) is 29.8 Å². The Bertz CT molecular complexity index is 698. The average molecular weight is 259 g/mol. The summed E-state index contributed by atoms with van der Waals surface area (Å²) in [7, 11) is 0. The SMILES string of the molecule is C=C(C)Nc1cc(C(N)=O)nc(-n2cc[nH]c2=O)c1. The molecule has 0 bridgehead atoms. The molecule has 1 amide bonds. The van der Waals surface area contributed by atoms with Gasteiger partial charge in [0.15, 0.2) is 0 Å². The van der Waals surface area contributed by atoms with E-state index in [0.29, 0.717) is 17.2 Å². The maximum atomic E-state index is 11.5. The van der Waals surface area contributed by atoms with Gasteiger partial charge in [-0.2, -0.15) is 0 Å². The smallest absolute Gasteiger partial charge is 0.331 e. The summed E-state index contributed by atoms with van der Waals surface area (Å²) in [5, 5.41) is 2.95. The molecule has 7 nitrogen and oxygen atoms in total. The highest BCUT2D eigenvalue weighted by atomic mass is 16.1. The lowest BCUT2D eigenvalue weighted by atomic mass is 10.3. The van der Waals surface area contributed by atoms with Gasteiger partial charge in [-0.05, 0) is 13.0 Å². The molecule has 2 rings (SSSR count). The minimum absolute atomic E-state index is 0.0642. The number of H-pyrrole nitrogens is 1. The van der Waals surface area contributed by atoms with Crippen LogP contribution in [0, 0.1) is 0 Å². The van der Waals surface area contributed by atoms with Crippen LogP contribution < -0.4 is 16.7 Å². The standard InChI is InChI=1S/C12H13N5O2/c1-7(2)15-8-5-9(11(13)18)16-10(6-8)17-4-3-14-12(17)19/h3-6H,1H2,2H3,(H2,13,18)(H,14,19)(H,15,16). The minimum atomic E-state index is -0.671. The van der Waals surface area contributed by atoms with Crippen molar-refractivity contribution in [1.82, 2.24) is 14.5 Å². The number of imidazole rings is 1. The number of anilines is 1. The van der Waals surface area contributed by atoms with E-state index < -0.39 is 5.91 Å². The first-order chi connectivity index (χ1) is 8.97. The number of carbonyl (C=O) groups is 1. The molecule has 0 atom stereocenters. The van der Waals surface area contributed by atoms with Crippen LogP contribution in [0.2, 0.25) is 0 Å². The Labute approximate surface area is 108 Å². The summed E-state index contributed by atoms with van der Waals surface area (Å²) >= 11 is 0. The molecule has 19 heavy (non-hydrogen) atoms. The predicted octanol–water partition coefficient (Wildman–Crippen LogP) is 0.605. The van der Waals surface area contributed by atoms with Gasteiger partial charge in [0.2, 0.25) is 0 Å². The molecule has 2 heterocycles. The Hall–Kier alpha value is -2.83. The zero-order valence-corrected chi connectivity index (χ0v) is 10.3. The third kappa shape index (κ3) is 2.71. The highest BCUT2D eigenvalue weighted by Crippen LogP contribution is 2.15. The minimum Gasteiger partial charge on any atom is -0.364 e. The Balaban J connectivity index is 2.57. The van der Waals surface area contributed by atoms with Crippen LogP contribution in [0.4, 0.5) is 5.69 Å². The van der Waals surface area contributed by atoms with Crippen molar-refractivity contribution in [2.24, 2.45) is 5.73 Å². The number of primary amides is 1. The number of nitrogens with one attached hydrogen (secondary N) is 2. The number of rotatable bonds is 4. The first-order valence-corrected chi connectivity index (χ1v) is 5.48. The summed E-state index contributed by atoms with van der Waals surface area (Å²) in [4.78, 5) is 29.3. The van der Waals surface area contributed by atoms with Crippen molar-refractivity contribution >= 4 is 11.6 Å². The number of amides is 1. The number of hydrogen-bond donors (Lipinski definition) is 3. The van der Waals surface area contributed by atoms with E-state index in [1.54, 1.807) is 13.0 Å². The maximum absolute atomic E-state index is 11.5. The molecule has 98 valence electrons. The summed E-state index contributed by atoms with van der Waals surface area (Å²) in [6.45, 7) is 5.48. The van der Waals surface area contributed by atoms with E-state index in [9.17, 15) is 9.59 Å². The van der Waals surface area contributed by atoms with Crippen LogP contribution in [0.3, 0.4) is 0 Å². The van der Waals surface area contributed by atoms with Crippen molar-refractivity contribution in [2.45, 2.75) is 6.92 Å². The van der Waals surface area contributed by atoms with E-state index >= 15 is 0 Å². The van der Waals surface area contributed by atoms with Crippen molar-refractivity contribution < 1.29 is 4.79 Å². The molecule has 7 heteroatoms. The van der Waals surface area contributed by atoms with Gasteiger partial charge in [-0.1, -0.05) is 6.58 Å². The Morgan fingerprint density at radius 3 is 2.79 bits per heavy atom. The van der Waals surface area contributed by atoms with Gasteiger partial charge in [-0.15, -0.1) is 0 Å². The van der Waals surface area contributed by atoms with Gasteiger partial charge in [0.1, 0.15) is 11.5 Å². The highest BCUT2D eigenvalue weighted by Gasteiger charge is 2.10. The van der Waals surface area contributed by atoms with Gasteiger partial charge >= 0.3 is 5.69 Å². The van der Waals surface area contributed by atoms with Crippen LogP contribution in [0.5, 0.6) is 0 Å². The first kappa shape index (κ1) is 12.6. The monoisotopic (exact) mass is 259 g/mol. The average Bonchev–Trinajstić information content (AvgIpc) is 2.74. The summed E-state index contributed by atoms with van der Waals surface area (Å²) in [6, 6.07) is 3.12. The Morgan fingerprint density at radius 2 is 2.26 bits per heavy atom. The van der Waals surface area contributed by atoms with E-state index in [-0.39, 0.29) is 11.4 Å². The Morgan fingerprint density at radius 1 is 1.53 bits per heavy atom. The van der Waals surface area contributed by atoms with E-state index in [2.05, 4.69) is 21.9 Å². The fraction of sp³-hybridized carbons (Fsp3) is 0.0833. The van der Waals surface area contributed by atoms with Crippen LogP contribution in [0.15, 0.2) is 41.6 Å². The normalized spacial score (nSPS) is 10.2. The molecule has 0 saturated carbocycles. The number of aromatic nitrogens is 3. The third-order valence-corrected chi connectivity index (χ3v) is 2.32. The molecular formula is C12H13N5O2. The van der Waals surface area contributed by atoms with E-state index in [1.165, 1.54) is 23.0 Å². The van der Waals surface area contributed by atoms with Crippen molar-refractivity contribution in [2.75, 3.05) is 5.32 Å². The van der Waals surface area contributed by atoms with E-state index in [1.807, 2.05) is 0 Å². The molecule has 0 spiro atoms. The number of aromatic amines is 1. The molecule has 0 fully saturated rings. The van der Waals surface area contributed by atoms with Crippen LogP contribution in [0.1, 0.15) is 17.4 Å². The Kier molecular flexibility index (Phi) is 3.19. The second-order valence-electron chi connectivity index (χ2n) is 4.00. The molecular weight excluding hydrogens is 246 g/mol. The maximum Gasteiger partial charge on any atom is 0.331 e. The number of hydrogen-bond acceptors (Lipinski definition) is 4. The summed E-state index contributed by atoms with van der Waals surface area (Å²) in [5.74, 6) is -0.374. The van der Waals surface area contributed by atoms with Crippen LogP contribution >= 0.6 is 0 Å². The summed E-state index contributed by atoms with van der Waals surface area (Å²) < 4.78 is 1.27. The largest absolute Gasteiger partial charge is 0.364 e. The molecule has 0 radical (unpaired) electrons. The zero-order chi connectivity index (χ0) is 14.0. The second kappa shape index (κ2) is 4.81. The number of nitrogens with zero attached hydrogens (tertiary/aromatic N) is 2. The topological polar surface area (TPSA) is 106 Å². The van der Waals surface area contributed by atoms with Crippen molar-refractivity contribution in [3.05, 3.63) is 53.0 Å². The van der Waals surface area contributed by atoms with Gasteiger partial charge in [-0.25, -0.2) is 9.78 Å². The molecule has 4 N–H and O–H groups in total. The molecule has 0 aromatic carbocycles. The number of allylic oxidation sites excluding steroid dienone is 1. The third-order valence-electron chi connectivity index (χ3n) is 2.32. The van der Waals surface area contributed by atoms with E-state index in [0.717, 1.165) is 0 Å². The number of nitrogens with two attached hydrogens (primary N) is 1. The fourth-order valence-corrected chi connectivity index (χ4v) is 1.58.